The molecule has 0 aliphatic heterocycles. The highest BCUT2D eigenvalue weighted by Gasteiger charge is 2.29. The average Bonchev–Trinajstić information content (AvgIpc) is 2.81. The summed E-state index contributed by atoms with van der Waals surface area (Å²) >= 11 is 0. The van der Waals surface area contributed by atoms with Crippen molar-refractivity contribution in [1.82, 2.24) is 10.0 Å². The van der Waals surface area contributed by atoms with Gasteiger partial charge in [-0.3, -0.25) is 0 Å². The summed E-state index contributed by atoms with van der Waals surface area (Å²) in [5.74, 6) is 0. The van der Waals surface area contributed by atoms with E-state index in [1.807, 2.05) is 67.6 Å². The maximum absolute atomic E-state index is 13.3. The molecule has 4 N–H and O–H groups in total. The maximum atomic E-state index is 13.3. The van der Waals surface area contributed by atoms with Gasteiger partial charge >= 0.3 is 7.12 Å². The van der Waals surface area contributed by atoms with Gasteiger partial charge in [0, 0.05) is 0 Å². The number of sulfonamides is 1. The van der Waals surface area contributed by atoms with Gasteiger partial charge in [-0.1, -0.05) is 84.8 Å². The van der Waals surface area contributed by atoms with Crippen LogP contribution >= 0.6 is 0 Å². The maximum Gasteiger partial charge on any atom is 0.451 e. The zero-order valence-corrected chi connectivity index (χ0v) is 19.6. The lowest BCUT2D eigenvalue weighted by Gasteiger charge is -2.30. The predicted octanol–water partition coefficient (Wildman–Crippen LogP) is 3.60. The van der Waals surface area contributed by atoms with Gasteiger partial charge in [0.15, 0.2) is 0 Å². The Morgan fingerprint density at radius 3 is 1.88 bits per heavy atom. The van der Waals surface area contributed by atoms with E-state index < -0.39 is 23.2 Å². The normalized spacial score (nSPS) is 13.4. The third-order valence-corrected chi connectivity index (χ3v) is 6.97. The molecule has 0 saturated heterocycles. The van der Waals surface area contributed by atoms with Crippen molar-refractivity contribution in [3.05, 3.63) is 102 Å². The summed E-state index contributed by atoms with van der Waals surface area (Å²) in [7, 11) is -5.09. The molecule has 0 bridgehead atoms. The molecule has 6 nitrogen and oxygen atoms in total. The van der Waals surface area contributed by atoms with Gasteiger partial charge in [0.2, 0.25) is 10.0 Å². The van der Waals surface area contributed by atoms with E-state index in [4.69, 9.17) is 10.0 Å². The molecule has 33 heavy (non-hydrogen) atoms. The Kier molecular flexibility index (Phi) is 9.23. The third kappa shape index (κ3) is 7.52. The van der Waals surface area contributed by atoms with Crippen LogP contribution in [0.25, 0.3) is 0 Å². The Labute approximate surface area is 196 Å². The number of aryl methyl sites for hydroxylation is 1. The monoisotopic (exact) mass is 466 g/mol. The van der Waals surface area contributed by atoms with Crippen molar-refractivity contribution in [1.29, 1.82) is 0 Å². The molecular weight excluding hydrogens is 435 g/mol. The minimum Gasteiger partial charge on any atom is -0.427 e. The van der Waals surface area contributed by atoms with Gasteiger partial charge in [-0.05, 0) is 49.5 Å². The molecule has 0 aliphatic rings. The molecular formula is C25H31BN2O4S. The SMILES string of the molecule is Cc1ccc(S(=O)(=O)N[C@H](c2ccccc2)[C@H](NCCCCB(O)O)c2ccccc2)cc1. The van der Waals surface area contributed by atoms with Gasteiger partial charge in [0.1, 0.15) is 0 Å². The van der Waals surface area contributed by atoms with Crippen LogP contribution in [0.4, 0.5) is 0 Å². The lowest BCUT2D eigenvalue weighted by atomic mass is 9.84. The first-order valence-corrected chi connectivity index (χ1v) is 12.6. The van der Waals surface area contributed by atoms with Crippen molar-refractivity contribution in [3.63, 3.8) is 0 Å². The van der Waals surface area contributed by atoms with Crippen LogP contribution in [0.2, 0.25) is 6.32 Å². The Morgan fingerprint density at radius 2 is 1.33 bits per heavy atom. The quantitative estimate of drug-likeness (QED) is 0.242. The second kappa shape index (κ2) is 12.1. The number of rotatable bonds is 12. The number of hydrogen-bond acceptors (Lipinski definition) is 5. The summed E-state index contributed by atoms with van der Waals surface area (Å²) < 4.78 is 29.6. The molecule has 8 heteroatoms. The highest BCUT2D eigenvalue weighted by atomic mass is 32.2. The molecule has 2 atom stereocenters. The number of hydrogen-bond donors (Lipinski definition) is 4. The van der Waals surface area contributed by atoms with Gasteiger partial charge in [-0.15, -0.1) is 0 Å². The van der Waals surface area contributed by atoms with Gasteiger partial charge in [-0.2, -0.15) is 0 Å². The molecule has 0 radical (unpaired) electrons. The molecule has 3 rings (SSSR count). The van der Waals surface area contributed by atoms with Crippen LogP contribution in [0.1, 0.15) is 41.6 Å². The second-order valence-electron chi connectivity index (χ2n) is 8.14. The molecule has 174 valence electrons. The number of benzene rings is 3. The van der Waals surface area contributed by atoms with E-state index in [1.165, 1.54) is 0 Å². The van der Waals surface area contributed by atoms with Crippen LogP contribution in [-0.4, -0.2) is 32.1 Å². The summed E-state index contributed by atoms with van der Waals surface area (Å²) in [5.41, 5.74) is 2.80. The van der Waals surface area contributed by atoms with Crippen LogP contribution in [0, 0.1) is 6.92 Å². The van der Waals surface area contributed by atoms with Gasteiger partial charge in [-0.25, -0.2) is 13.1 Å². The van der Waals surface area contributed by atoms with E-state index in [2.05, 4.69) is 10.0 Å². The van der Waals surface area contributed by atoms with Crippen molar-refractivity contribution in [2.75, 3.05) is 6.54 Å². The van der Waals surface area contributed by atoms with Gasteiger partial charge in [0.05, 0.1) is 17.0 Å². The van der Waals surface area contributed by atoms with Crippen molar-refractivity contribution in [3.8, 4) is 0 Å². The molecule has 3 aromatic carbocycles. The molecule has 0 aromatic heterocycles. The van der Waals surface area contributed by atoms with Crippen LogP contribution in [0.15, 0.2) is 89.8 Å². The molecule has 0 amide bonds. The highest BCUT2D eigenvalue weighted by molar-refractivity contribution is 7.89. The lowest BCUT2D eigenvalue weighted by molar-refractivity contribution is 0.396. The Balaban J connectivity index is 1.91. The van der Waals surface area contributed by atoms with E-state index >= 15 is 0 Å². The summed E-state index contributed by atoms with van der Waals surface area (Å²) in [6.07, 6.45) is 1.68. The van der Waals surface area contributed by atoms with Crippen molar-refractivity contribution >= 4 is 17.1 Å². The number of unbranched alkanes of at least 4 members (excludes halogenated alkanes) is 1. The predicted molar refractivity (Wildman–Crippen MR) is 132 cm³/mol. The fraction of sp³-hybridized carbons (Fsp3) is 0.280. The fourth-order valence-corrected chi connectivity index (χ4v) is 4.98. The van der Waals surface area contributed by atoms with Crippen molar-refractivity contribution in [2.24, 2.45) is 0 Å². The van der Waals surface area contributed by atoms with E-state index in [9.17, 15) is 8.42 Å². The molecule has 0 unspecified atom stereocenters. The van der Waals surface area contributed by atoms with Crippen molar-refractivity contribution in [2.45, 2.75) is 43.1 Å². The molecule has 0 heterocycles. The van der Waals surface area contributed by atoms with Crippen LogP contribution in [0.3, 0.4) is 0 Å². The minimum atomic E-state index is -3.78. The number of nitrogens with one attached hydrogen (secondary N) is 2. The topological polar surface area (TPSA) is 98.7 Å². The van der Waals surface area contributed by atoms with E-state index in [0.717, 1.165) is 23.1 Å². The highest BCUT2D eigenvalue weighted by Crippen LogP contribution is 2.31. The molecule has 0 fully saturated rings. The molecule has 0 saturated carbocycles. The Bertz CT molecular complexity index is 1080. The smallest absolute Gasteiger partial charge is 0.427 e. The zero-order valence-electron chi connectivity index (χ0n) is 18.8. The first-order valence-electron chi connectivity index (χ1n) is 11.2. The molecule has 0 aliphatic carbocycles. The standard InChI is InChI=1S/C25H31BN2O4S/c1-20-14-16-23(17-15-20)33(31,32)28-25(22-12-6-3-7-13-22)24(21-10-4-2-5-11-21)27-19-9-8-18-26(29)30/h2-7,10-17,24-25,27-30H,8-9,18-19H2,1H3/t24-,25-/m1/s1. The van der Waals surface area contributed by atoms with E-state index in [-0.39, 0.29) is 10.9 Å². The first-order chi connectivity index (χ1) is 15.9. The first kappa shape index (κ1) is 25.1. The van der Waals surface area contributed by atoms with Gasteiger partial charge in [0.25, 0.3) is 0 Å². The molecule has 3 aromatic rings. The van der Waals surface area contributed by atoms with Crippen LogP contribution < -0.4 is 10.0 Å². The average molecular weight is 466 g/mol. The summed E-state index contributed by atoms with van der Waals surface area (Å²) in [5, 5.41) is 21.7. The molecule has 0 spiro atoms. The minimum absolute atomic E-state index is 0.220. The third-order valence-electron chi connectivity index (χ3n) is 5.52. The summed E-state index contributed by atoms with van der Waals surface area (Å²) in [6, 6.07) is 25.2. The lowest BCUT2D eigenvalue weighted by Crippen LogP contribution is -2.39. The van der Waals surface area contributed by atoms with Crippen LogP contribution in [0.5, 0.6) is 0 Å². The van der Waals surface area contributed by atoms with Crippen LogP contribution in [-0.2, 0) is 10.0 Å². The fourth-order valence-electron chi connectivity index (χ4n) is 3.74. The zero-order chi connectivity index (χ0) is 23.7. The Hall–Kier alpha value is -2.49. The largest absolute Gasteiger partial charge is 0.451 e. The summed E-state index contributed by atoms with van der Waals surface area (Å²) in [4.78, 5) is 0.220. The van der Waals surface area contributed by atoms with Crippen molar-refractivity contribution < 1.29 is 18.5 Å². The van der Waals surface area contributed by atoms with E-state index in [0.29, 0.717) is 19.3 Å². The Morgan fingerprint density at radius 1 is 0.788 bits per heavy atom. The van der Waals surface area contributed by atoms with E-state index in [1.54, 1.807) is 24.3 Å². The second-order valence-corrected chi connectivity index (χ2v) is 9.86. The van der Waals surface area contributed by atoms with Gasteiger partial charge < -0.3 is 15.4 Å². The summed E-state index contributed by atoms with van der Waals surface area (Å²) in [6.45, 7) is 2.52.